The van der Waals surface area contributed by atoms with Crippen LogP contribution in [0.5, 0.6) is 0 Å². The molecule has 2 heterocycles. The van der Waals surface area contributed by atoms with Crippen molar-refractivity contribution in [1.29, 1.82) is 0 Å². The van der Waals surface area contributed by atoms with Gasteiger partial charge in [-0.05, 0) is 35.6 Å². The first-order chi connectivity index (χ1) is 6.18. The highest BCUT2D eigenvalue weighted by Crippen LogP contribution is 2.19. The average Bonchev–Trinajstić information content (AvgIpc) is 2.41. The second-order valence-corrected chi connectivity index (χ2v) is 4.50. The fourth-order valence-electron chi connectivity index (χ4n) is 1.61. The highest BCUT2D eigenvalue weighted by atomic mass is 127. The molecule has 4 heteroatoms. The van der Waals surface area contributed by atoms with Gasteiger partial charge in [0.1, 0.15) is 0 Å². The fraction of sp³-hybridized carbons (Fsp3) is 0.444. The molecular formula is C9H11IN2O. The normalized spacial score (nSPS) is 22.6. The second-order valence-electron chi connectivity index (χ2n) is 3.25. The Balaban J connectivity index is 2.49. The van der Waals surface area contributed by atoms with Crippen molar-refractivity contribution in [2.45, 2.75) is 19.5 Å². The van der Waals surface area contributed by atoms with Crippen molar-refractivity contribution in [3.05, 3.63) is 21.5 Å². The van der Waals surface area contributed by atoms with Crippen LogP contribution in [-0.4, -0.2) is 16.9 Å². The quantitative estimate of drug-likeness (QED) is 0.739. The summed E-state index contributed by atoms with van der Waals surface area (Å²) in [6, 6.07) is 1.95. The van der Waals surface area contributed by atoms with E-state index in [4.69, 9.17) is 0 Å². The van der Waals surface area contributed by atoms with Crippen LogP contribution in [0.4, 0.5) is 0 Å². The highest BCUT2D eigenvalue weighted by Gasteiger charge is 2.19. The number of hydrogen-bond acceptors (Lipinski definition) is 2. The van der Waals surface area contributed by atoms with Gasteiger partial charge in [0, 0.05) is 22.7 Å². The van der Waals surface area contributed by atoms with Crippen LogP contribution in [0, 0.1) is 3.57 Å². The van der Waals surface area contributed by atoms with Crippen molar-refractivity contribution < 1.29 is 4.79 Å². The number of carbonyl (C=O) groups is 1. The summed E-state index contributed by atoms with van der Waals surface area (Å²) in [6.07, 6.45) is 2.84. The second kappa shape index (κ2) is 3.42. The van der Waals surface area contributed by atoms with Gasteiger partial charge in [-0.15, -0.1) is 0 Å². The summed E-state index contributed by atoms with van der Waals surface area (Å²) in [5.74, 6) is 0.236. The predicted octanol–water partition coefficient (Wildman–Crippen LogP) is 1.79. The van der Waals surface area contributed by atoms with Crippen LogP contribution >= 0.6 is 22.6 Å². The van der Waals surface area contributed by atoms with E-state index in [1.165, 1.54) is 0 Å². The van der Waals surface area contributed by atoms with Crippen LogP contribution in [0.15, 0.2) is 12.3 Å². The van der Waals surface area contributed by atoms with Gasteiger partial charge in [-0.1, -0.05) is 0 Å². The maximum absolute atomic E-state index is 11.6. The van der Waals surface area contributed by atoms with E-state index in [0.29, 0.717) is 6.42 Å². The maximum Gasteiger partial charge on any atom is 0.180 e. The minimum atomic E-state index is 0.227. The van der Waals surface area contributed by atoms with E-state index in [-0.39, 0.29) is 11.9 Å². The molecule has 0 bridgehead atoms. The Hall–Kier alpha value is -0.360. The molecule has 1 aromatic heterocycles. The molecule has 2 rings (SSSR count). The summed E-state index contributed by atoms with van der Waals surface area (Å²) >= 11 is 2.23. The van der Waals surface area contributed by atoms with Crippen LogP contribution in [-0.2, 0) is 0 Å². The van der Waals surface area contributed by atoms with Crippen molar-refractivity contribution in [3.8, 4) is 0 Å². The summed E-state index contributed by atoms with van der Waals surface area (Å²) in [7, 11) is 0. The molecule has 1 aromatic rings. The lowest BCUT2D eigenvalue weighted by Gasteiger charge is -2.13. The molecule has 0 aromatic carbocycles. The van der Waals surface area contributed by atoms with E-state index in [2.05, 4.69) is 34.8 Å². The summed E-state index contributed by atoms with van der Waals surface area (Å²) in [5.41, 5.74) is 0.835. The van der Waals surface area contributed by atoms with Gasteiger partial charge >= 0.3 is 0 Å². The lowest BCUT2D eigenvalue weighted by Crippen LogP contribution is -2.22. The molecule has 1 N–H and O–H groups in total. The molecule has 0 aliphatic carbocycles. The van der Waals surface area contributed by atoms with Gasteiger partial charge in [0.2, 0.25) is 0 Å². The van der Waals surface area contributed by atoms with Crippen molar-refractivity contribution in [2.24, 2.45) is 0 Å². The number of nitrogens with one attached hydrogen (secondary N) is 1. The third-order valence-electron chi connectivity index (χ3n) is 2.31. The van der Waals surface area contributed by atoms with Gasteiger partial charge in [-0.25, -0.2) is 0 Å². The SMILES string of the molecule is CC1NCCC(=O)c2cc(I)cn21. The molecular weight excluding hydrogens is 279 g/mol. The lowest BCUT2D eigenvalue weighted by molar-refractivity contribution is 0.0980. The van der Waals surface area contributed by atoms with E-state index in [0.717, 1.165) is 15.8 Å². The van der Waals surface area contributed by atoms with Crippen LogP contribution in [0.3, 0.4) is 0 Å². The summed E-state index contributed by atoms with van der Waals surface area (Å²) in [6.45, 7) is 2.84. The fourth-order valence-corrected chi connectivity index (χ4v) is 2.21. The smallest absolute Gasteiger partial charge is 0.180 e. The number of hydrogen-bond donors (Lipinski definition) is 1. The molecule has 1 atom stereocenters. The average molecular weight is 290 g/mol. The third kappa shape index (κ3) is 1.65. The number of rotatable bonds is 0. The van der Waals surface area contributed by atoms with Crippen molar-refractivity contribution in [1.82, 2.24) is 9.88 Å². The minimum absolute atomic E-state index is 0.227. The van der Waals surface area contributed by atoms with Crippen molar-refractivity contribution >= 4 is 28.4 Å². The van der Waals surface area contributed by atoms with E-state index < -0.39 is 0 Å². The molecule has 1 aliphatic rings. The Kier molecular flexibility index (Phi) is 2.42. The number of carbonyl (C=O) groups excluding carboxylic acids is 1. The summed E-state index contributed by atoms with van der Waals surface area (Å²) in [4.78, 5) is 11.6. The zero-order valence-corrected chi connectivity index (χ0v) is 9.54. The van der Waals surface area contributed by atoms with E-state index >= 15 is 0 Å². The first-order valence-electron chi connectivity index (χ1n) is 4.32. The number of Topliss-reactive ketones (excluding diaryl/α,β-unsaturated/α-hetero) is 1. The molecule has 1 unspecified atom stereocenters. The van der Waals surface area contributed by atoms with Crippen LogP contribution < -0.4 is 5.32 Å². The van der Waals surface area contributed by atoms with E-state index in [1.54, 1.807) is 0 Å². The molecule has 0 saturated heterocycles. The Morgan fingerprint density at radius 3 is 3.23 bits per heavy atom. The van der Waals surface area contributed by atoms with Crippen LogP contribution in [0.1, 0.15) is 30.0 Å². The lowest BCUT2D eigenvalue weighted by atomic mass is 10.2. The zero-order valence-electron chi connectivity index (χ0n) is 7.38. The monoisotopic (exact) mass is 290 g/mol. The van der Waals surface area contributed by atoms with Gasteiger partial charge in [0.25, 0.3) is 0 Å². The summed E-state index contributed by atoms with van der Waals surface area (Å²) < 4.78 is 3.13. The van der Waals surface area contributed by atoms with Gasteiger partial charge < -0.3 is 4.57 Å². The largest absolute Gasteiger partial charge is 0.328 e. The number of fused-ring (bicyclic) bond motifs is 1. The molecule has 70 valence electrons. The van der Waals surface area contributed by atoms with Gasteiger partial charge in [-0.2, -0.15) is 0 Å². The molecule has 3 nitrogen and oxygen atoms in total. The maximum atomic E-state index is 11.6. The number of halogens is 1. The molecule has 1 aliphatic heterocycles. The Morgan fingerprint density at radius 1 is 1.69 bits per heavy atom. The number of nitrogens with zero attached hydrogens (tertiary/aromatic N) is 1. The van der Waals surface area contributed by atoms with Gasteiger partial charge in [-0.3, -0.25) is 10.1 Å². The molecule has 0 amide bonds. The Labute approximate surface area is 90.6 Å². The highest BCUT2D eigenvalue weighted by molar-refractivity contribution is 14.1. The molecule has 0 saturated carbocycles. The Morgan fingerprint density at radius 2 is 2.46 bits per heavy atom. The first-order valence-corrected chi connectivity index (χ1v) is 5.40. The Bertz CT molecular complexity index is 345. The number of aromatic nitrogens is 1. The van der Waals surface area contributed by atoms with Gasteiger partial charge in [0.15, 0.2) is 5.78 Å². The first kappa shape index (κ1) is 9.21. The van der Waals surface area contributed by atoms with E-state index in [9.17, 15) is 4.79 Å². The predicted molar refractivity (Wildman–Crippen MR) is 58.8 cm³/mol. The topological polar surface area (TPSA) is 34.0 Å². The summed E-state index contributed by atoms with van der Waals surface area (Å²) in [5, 5.41) is 3.28. The zero-order chi connectivity index (χ0) is 9.42. The number of ketones is 1. The van der Waals surface area contributed by atoms with Crippen LogP contribution in [0.2, 0.25) is 0 Å². The molecule has 0 fully saturated rings. The molecule has 0 spiro atoms. The van der Waals surface area contributed by atoms with Gasteiger partial charge in [0.05, 0.1) is 11.9 Å². The van der Waals surface area contributed by atoms with Crippen molar-refractivity contribution in [2.75, 3.05) is 6.54 Å². The third-order valence-corrected chi connectivity index (χ3v) is 2.90. The van der Waals surface area contributed by atoms with Crippen molar-refractivity contribution in [3.63, 3.8) is 0 Å². The standard InChI is InChI=1S/C9H11IN2O/c1-6-11-3-2-9(13)8-4-7(10)5-12(6)8/h4-6,11H,2-3H2,1H3. The molecule has 0 radical (unpaired) electrons. The molecule has 13 heavy (non-hydrogen) atoms. The van der Waals surface area contributed by atoms with E-state index in [1.807, 2.05) is 16.8 Å². The van der Waals surface area contributed by atoms with Crippen LogP contribution in [0.25, 0.3) is 0 Å². The minimum Gasteiger partial charge on any atom is -0.328 e.